The van der Waals surface area contributed by atoms with E-state index in [0.717, 1.165) is 22.2 Å². The zero-order valence-corrected chi connectivity index (χ0v) is 21.0. The van der Waals surface area contributed by atoms with Gasteiger partial charge < -0.3 is 9.47 Å². The molecule has 180 valence electrons. The van der Waals surface area contributed by atoms with Crippen LogP contribution in [0.3, 0.4) is 0 Å². The summed E-state index contributed by atoms with van der Waals surface area (Å²) in [6, 6.07) is 11.1. The predicted molar refractivity (Wildman–Crippen MR) is 135 cm³/mol. The van der Waals surface area contributed by atoms with Gasteiger partial charge in [0.2, 0.25) is 0 Å². The fourth-order valence-corrected chi connectivity index (χ4v) is 3.87. The largest absolute Gasteiger partial charge is 0.493 e. The van der Waals surface area contributed by atoms with Crippen LogP contribution >= 0.6 is 15.9 Å². The summed E-state index contributed by atoms with van der Waals surface area (Å²) in [5.74, 6) is -0.335. The summed E-state index contributed by atoms with van der Waals surface area (Å²) in [4.78, 5) is 38.7. The highest BCUT2D eigenvalue weighted by molar-refractivity contribution is 9.10. The van der Waals surface area contributed by atoms with Gasteiger partial charge >= 0.3 is 6.03 Å². The first kappa shape index (κ1) is 25.5. The van der Waals surface area contributed by atoms with Gasteiger partial charge in [-0.1, -0.05) is 61.0 Å². The first-order valence-corrected chi connectivity index (χ1v) is 12.2. The lowest BCUT2D eigenvalue weighted by Gasteiger charge is -2.26. The molecule has 0 unspecified atom stereocenters. The molecule has 7 nitrogen and oxygen atoms in total. The fourth-order valence-electron chi connectivity index (χ4n) is 3.61. The quantitative estimate of drug-likeness (QED) is 0.224. The number of carbonyl (C=O) groups is 3. The molecule has 0 aromatic heterocycles. The van der Waals surface area contributed by atoms with Crippen molar-refractivity contribution in [2.75, 3.05) is 18.6 Å². The Labute approximate surface area is 208 Å². The maximum Gasteiger partial charge on any atom is 0.335 e. The van der Waals surface area contributed by atoms with Crippen molar-refractivity contribution in [3.63, 3.8) is 0 Å². The van der Waals surface area contributed by atoms with Crippen molar-refractivity contribution in [2.24, 2.45) is 0 Å². The molecule has 34 heavy (non-hydrogen) atoms. The number of urea groups is 1. The van der Waals surface area contributed by atoms with Gasteiger partial charge in [0.05, 0.1) is 19.4 Å². The van der Waals surface area contributed by atoms with E-state index in [-0.39, 0.29) is 5.57 Å². The smallest absolute Gasteiger partial charge is 0.335 e. The number of rotatable bonds is 11. The number of barbiturate groups is 1. The molecule has 3 rings (SSSR count). The maximum absolute atomic E-state index is 13.0. The van der Waals surface area contributed by atoms with Crippen molar-refractivity contribution in [1.29, 1.82) is 0 Å². The molecule has 1 aliphatic heterocycles. The number of nitrogens with zero attached hydrogens (tertiary/aromatic N) is 1. The second kappa shape index (κ2) is 12.4. The first-order valence-electron chi connectivity index (χ1n) is 11.4. The Morgan fingerprint density at radius 2 is 1.65 bits per heavy atom. The Hall–Kier alpha value is -3.13. The van der Waals surface area contributed by atoms with Crippen molar-refractivity contribution in [1.82, 2.24) is 5.32 Å². The molecule has 0 radical (unpaired) electrons. The average molecular weight is 529 g/mol. The summed E-state index contributed by atoms with van der Waals surface area (Å²) >= 11 is 3.33. The Bertz CT molecular complexity index is 1070. The molecular weight excluding hydrogens is 500 g/mol. The van der Waals surface area contributed by atoms with Crippen LogP contribution in [0.1, 0.15) is 51.0 Å². The van der Waals surface area contributed by atoms with E-state index in [9.17, 15) is 14.4 Å². The molecule has 1 fully saturated rings. The van der Waals surface area contributed by atoms with Gasteiger partial charge in [-0.25, -0.2) is 9.69 Å². The standard InChI is InChI=1S/C26H29BrN2O5/c1-3-4-5-6-7-8-15-34-22-14-9-18(17-23(22)33-2)16-21-24(30)28-26(32)29(25(21)31)20-12-10-19(27)11-13-20/h9-14,16-17H,3-8,15H2,1-2H3,(H,28,30,32)/b21-16+. The van der Waals surface area contributed by atoms with Crippen molar-refractivity contribution in [2.45, 2.75) is 45.4 Å². The monoisotopic (exact) mass is 528 g/mol. The van der Waals surface area contributed by atoms with Crippen LogP contribution in [0.5, 0.6) is 11.5 Å². The molecule has 0 spiro atoms. The lowest BCUT2D eigenvalue weighted by molar-refractivity contribution is -0.122. The number of ether oxygens (including phenoxy) is 2. The number of unbranched alkanes of at least 4 members (excludes halogenated alkanes) is 5. The number of carbonyl (C=O) groups excluding carboxylic acids is 3. The van der Waals surface area contributed by atoms with Crippen LogP contribution in [0.25, 0.3) is 6.08 Å². The minimum absolute atomic E-state index is 0.148. The van der Waals surface area contributed by atoms with Crippen LogP contribution in [0, 0.1) is 0 Å². The van der Waals surface area contributed by atoms with Gasteiger partial charge in [0.25, 0.3) is 11.8 Å². The average Bonchev–Trinajstić information content (AvgIpc) is 2.82. The number of imide groups is 2. The number of nitrogens with one attached hydrogen (secondary N) is 1. The molecule has 0 bridgehead atoms. The lowest BCUT2D eigenvalue weighted by atomic mass is 10.1. The van der Waals surface area contributed by atoms with Gasteiger partial charge in [-0.15, -0.1) is 0 Å². The van der Waals surface area contributed by atoms with Crippen LogP contribution < -0.4 is 19.7 Å². The summed E-state index contributed by atoms with van der Waals surface area (Å²) in [5.41, 5.74) is 0.790. The number of anilines is 1. The van der Waals surface area contributed by atoms with Gasteiger partial charge in [-0.2, -0.15) is 0 Å². The first-order chi connectivity index (χ1) is 16.4. The molecule has 1 aliphatic rings. The van der Waals surface area contributed by atoms with E-state index in [2.05, 4.69) is 28.2 Å². The van der Waals surface area contributed by atoms with Gasteiger partial charge in [-0.05, 0) is 54.5 Å². The summed E-state index contributed by atoms with van der Waals surface area (Å²) in [5, 5.41) is 2.23. The Morgan fingerprint density at radius 1 is 0.941 bits per heavy atom. The zero-order valence-electron chi connectivity index (χ0n) is 19.4. The van der Waals surface area contributed by atoms with Crippen LogP contribution in [0.2, 0.25) is 0 Å². The number of amides is 4. The van der Waals surface area contributed by atoms with Crippen molar-refractivity contribution >= 4 is 45.5 Å². The normalized spacial score (nSPS) is 15.0. The molecule has 4 amide bonds. The van der Waals surface area contributed by atoms with E-state index in [1.165, 1.54) is 38.9 Å². The van der Waals surface area contributed by atoms with E-state index in [1.54, 1.807) is 42.5 Å². The molecule has 1 heterocycles. The summed E-state index contributed by atoms with van der Waals surface area (Å²) < 4.78 is 12.1. The maximum atomic E-state index is 13.0. The molecule has 0 atom stereocenters. The molecule has 2 aromatic rings. The van der Waals surface area contributed by atoms with Crippen LogP contribution in [0.15, 0.2) is 52.5 Å². The highest BCUT2D eigenvalue weighted by atomic mass is 79.9. The third-order valence-electron chi connectivity index (χ3n) is 5.44. The highest BCUT2D eigenvalue weighted by Gasteiger charge is 2.36. The predicted octanol–water partition coefficient (Wildman–Crippen LogP) is 5.86. The second-order valence-corrected chi connectivity index (χ2v) is 8.88. The molecular formula is C26H29BrN2O5. The molecule has 0 aliphatic carbocycles. The topological polar surface area (TPSA) is 84.9 Å². The van der Waals surface area contributed by atoms with E-state index in [1.807, 2.05) is 0 Å². The Balaban J connectivity index is 1.73. The summed E-state index contributed by atoms with van der Waals surface area (Å²) in [6.45, 7) is 2.79. The van der Waals surface area contributed by atoms with E-state index < -0.39 is 17.8 Å². The molecule has 0 saturated carbocycles. The minimum Gasteiger partial charge on any atom is -0.493 e. The minimum atomic E-state index is -0.787. The third kappa shape index (κ3) is 6.47. The molecule has 1 N–H and O–H groups in total. The highest BCUT2D eigenvalue weighted by Crippen LogP contribution is 2.30. The van der Waals surface area contributed by atoms with Crippen molar-refractivity contribution in [3.8, 4) is 11.5 Å². The van der Waals surface area contributed by atoms with Gasteiger partial charge in [-0.3, -0.25) is 14.9 Å². The fraction of sp³-hybridized carbons (Fsp3) is 0.346. The number of hydrogen-bond donors (Lipinski definition) is 1. The van der Waals surface area contributed by atoms with Crippen LogP contribution in [0.4, 0.5) is 10.5 Å². The number of methoxy groups -OCH3 is 1. The summed E-state index contributed by atoms with van der Waals surface area (Å²) in [7, 11) is 1.54. The second-order valence-electron chi connectivity index (χ2n) is 7.96. The van der Waals surface area contributed by atoms with Gasteiger partial charge in [0.1, 0.15) is 5.57 Å². The number of halogens is 1. The Kier molecular flexibility index (Phi) is 9.27. The van der Waals surface area contributed by atoms with Crippen molar-refractivity contribution in [3.05, 3.63) is 58.1 Å². The lowest BCUT2D eigenvalue weighted by Crippen LogP contribution is -2.54. The van der Waals surface area contributed by atoms with Crippen LogP contribution in [-0.2, 0) is 9.59 Å². The van der Waals surface area contributed by atoms with Crippen molar-refractivity contribution < 1.29 is 23.9 Å². The SMILES string of the molecule is CCCCCCCCOc1ccc(/C=C2\C(=O)NC(=O)N(c3ccc(Br)cc3)C2=O)cc1OC. The van der Waals surface area contributed by atoms with E-state index in [4.69, 9.17) is 9.47 Å². The van der Waals surface area contributed by atoms with Gasteiger partial charge in [0.15, 0.2) is 11.5 Å². The molecule has 2 aromatic carbocycles. The molecule has 8 heteroatoms. The Morgan fingerprint density at radius 3 is 2.35 bits per heavy atom. The molecule has 1 saturated heterocycles. The zero-order chi connectivity index (χ0) is 24.5. The number of hydrogen-bond acceptors (Lipinski definition) is 5. The number of benzene rings is 2. The van der Waals surface area contributed by atoms with Gasteiger partial charge in [0, 0.05) is 4.47 Å². The van der Waals surface area contributed by atoms with Crippen LogP contribution in [-0.4, -0.2) is 31.6 Å². The third-order valence-corrected chi connectivity index (χ3v) is 5.97. The van der Waals surface area contributed by atoms with E-state index in [0.29, 0.717) is 29.4 Å². The summed E-state index contributed by atoms with van der Waals surface area (Å²) in [6.07, 6.45) is 8.47. The van der Waals surface area contributed by atoms with E-state index >= 15 is 0 Å².